The van der Waals surface area contributed by atoms with Crippen LogP contribution < -0.4 is 0 Å². The number of aromatic nitrogens is 1. The lowest BCUT2D eigenvalue weighted by atomic mass is 9.69. The van der Waals surface area contributed by atoms with E-state index in [4.69, 9.17) is 0 Å². The van der Waals surface area contributed by atoms with Gasteiger partial charge in [0.2, 0.25) is 5.91 Å². The van der Waals surface area contributed by atoms with E-state index >= 15 is 0 Å². The van der Waals surface area contributed by atoms with Gasteiger partial charge < -0.3 is 4.90 Å². The normalized spacial score (nSPS) is 33.6. The summed E-state index contributed by atoms with van der Waals surface area (Å²) < 4.78 is 0. The number of fused-ring (bicyclic) bond motifs is 4. The van der Waals surface area contributed by atoms with Crippen LogP contribution in [0.25, 0.3) is 0 Å². The maximum atomic E-state index is 13.0. The van der Waals surface area contributed by atoms with Crippen molar-refractivity contribution in [3.05, 3.63) is 29.6 Å². The zero-order chi connectivity index (χ0) is 19.8. The van der Waals surface area contributed by atoms with Crippen molar-refractivity contribution >= 4 is 5.91 Å². The number of hydrogen-bond acceptors (Lipinski definition) is 3. The highest BCUT2D eigenvalue weighted by Gasteiger charge is 2.49. The molecule has 4 nitrogen and oxygen atoms in total. The summed E-state index contributed by atoms with van der Waals surface area (Å²) in [7, 11) is 0. The van der Waals surface area contributed by atoms with Crippen molar-refractivity contribution in [2.45, 2.75) is 89.8 Å². The minimum atomic E-state index is 0.466. The van der Waals surface area contributed by atoms with E-state index in [9.17, 15) is 4.79 Å². The van der Waals surface area contributed by atoms with Crippen molar-refractivity contribution in [2.24, 2.45) is 17.8 Å². The molecular formula is C25H37N3O. The van der Waals surface area contributed by atoms with Crippen molar-refractivity contribution in [3.8, 4) is 0 Å². The molecule has 1 aliphatic carbocycles. The first-order valence-electron chi connectivity index (χ1n) is 12.1. The first-order valence-corrected chi connectivity index (χ1v) is 12.1. The molecule has 3 saturated heterocycles. The highest BCUT2D eigenvalue weighted by Crippen LogP contribution is 2.44. The maximum Gasteiger partial charge on any atom is 0.223 e. The van der Waals surface area contributed by atoms with Crippen LogP contribution in [-0.2, 0) is 11.3 Å². The Morgan fingerprint density at radius 2 is 1.86 bits per heavy atom. The zero-order valence-corrected chi connectivity index (χ0v) is 18.1. The van der Waals surface area contributed by atoms with Gasteiger partial charge in [0.05, 0.1) is 0 Å². The van der Waals surface area contributed by atoms with E-state index in [0.29, 0.717) is 29.8 Å². The lowest BCUT2D eigenvalue weighted by molar-refractivity contribution is -0.154. The molecule has 4 atom stereocenters. The fraction of sp³-hybridized carbons (Fsp3) is 0.760. The van der Waals surface area contributed by atoms with Gasteiger partial charge in [-0.05, 0) is 62.0 Å². The molecule has 1 aromatic rings. The third-order valence-electron chi connectivity index (χ3n) is 8.25. The van der Waals surface area contributed by atoms with Crippen LogP contribution in [0.3, 0.4) is 0 Å². The number of likely N-dealkylation sites (tertiary alicyclic amines) is 1. The molecule has 0 aromatic carbocycles. The lowest BCUT2D eigenvalue weighted by Crippen LogP contribution is -2.65. The molecule has 4 heteroatoms. The fourth-order valence-electron chi connectivity index (χ4n) is 6.92. The van der Waals surface area contributed by atoms with Gasteiger partial charge >= 0.3 is 0 Å². The predicted molar refractivity (Wildman–Crippen MR) is 115 cm³/mol. The number of pyridine rings is 1. The molecule has 5 rings (SSSR count). The van der Waals surface area contributed by atoms with Gasteiger partial charge in [-0.1, -0.05) is 38.2 Å². The van der Waals surface area contributed by atoms with Crippen LogP contribution in [0.1, 0.15) is 75.5 Å². The molecule has 3 aliphatic heterocycles. The van der Waals surface area contributed by atoms with Gasteiger partial charge in [0.1, 0.15) is 0 Å². The van der Waals surface area contributed by atoms with Crippen molar-refractivity contribution < 1.29 is 4.79 Å². The first-order chi connectivity index (χ1) is 14.2. The summed E-state index contributed by atoms with van der Waals surface area (Å²) in [5.41, 5.74) is 2.42. The standard InChI is InChI=1S/C25H37N3O/c1-18-10-11-20(14-26-18)15-27-16-21-13-22(17-27)24(12-19-6-3-2-4-7-19)28-23(21)8-5-9-25(28)29/h10-11,14,19,21-24H,2-9,12-13,15-17H2,1H3/t21-,22+,23+,24+/m1/s1. The molecule has 1 saturated carbocycles. The first kappa shape index (κ1) is 19.5. The number of nitrogens with zero attached hydrogens (tertiary/aromatic N) is 3. The number of aryl methyl sites for hydroxylation is 1. The molecule has 4 aliphatic rings. The SMILES string of the molecule is Cc1ccc(CN2C[C@H]3C[C@@H](C2)[C@H](CC2CCCCC2)N2C(=O)CCC[C@@H]32)cn1. The van der Waals surface area contributed by atoms with Crippen LogP contribution in [-0.4, -0.2) is 45.9 Å². The van der Waals surface area contributed by atoms with Crippen LogP contribution in [0.2, 0.25) is 0 Å². The number of rotatable bonds is 4. The summed E-state index contributed by atoms with van der Waals surface area (Å²) in [6.45, 7) is 5.37. The molecule has 1 amide bonds. The number of carbonyl (C=O) groups is 1. The second kappa shape index (κ2) is 8.37. The van der Waals surface area contributed by atoms with Crippen LogP contribution in [0.5, 0.6) is 0 Å². The summed E-state index contributed by atoms with van der Waals surface area (Å²) in [5, 5.41) is 0. The molecule has 0 N–H and O–H groups in total. The molecule has 2 bridgehead atoms. The Hall–Kier alpha value is -1.42. The topological polar surface area (TPSA) is 36.4 Å². The molecule has 0 spiro atoms. The third-order valence-corrected chi connectivity index (χ3v) is 8.25. The van der Waals surface area contributed by atoms with E-state index in [1.54, 1.807) is 0 Å². The summed E-state index contributed by atoms with van der Waals surface area (Å²) >= 11 is 0. The smallest absolute Gasteiger partial charge is 0.223 e. The fourth-order valence-corrected chi connectivity index (χ4v) is 6.92. The van der Waals surface area contributed by atoms with Crippen molar-refractivity contribution in [3.63, 3.8) is 0 Å². The van der Waals surface area contributed by atoms with Crippen LogP contribution in [0, 0.1) is 24.7 Å². The Morgan fingerprint density at radius 3 is 2.66 bits per heavy atom. The van der Waals surface area contributed by atoms with E-state index in [1.807, 2.05) is 0 Å². The monoisotopic (exact) mass is 395 g/mol. The van der Waals surface area contributed by atoms with Gasteiger partial charge in [0.25, 0.3) is 0 Å². The molecule has 29 heavy (non-hydrogen) atoms. The minimum absolute atomic E-state index is 0.466. The Morgan fingerprint density at radius 1 is 1.03 bits per heavy atom. The number of amides is 1. The number of piperidine rings is 3. The van der Waals surface area contributed by atoms with E-state index < -0.39 is 0 Å². The van der Waals surface area contributed by atoms with Gasteiger partial charge in [0, 0.05) is 50.0 Å². The Bertz CT molecular complexity index is 711. The molecule has 0 unspecified atom stereocenters. The molecule has 4 fully saturated rings. The van der Waals surface area contributed by atoms with Crippen molar-refractivity contribution in [1.82, 2.24) is 14.8 Å². The second-order valence-corrected chi connectivity index (χ2v) is 10.3. The second-order valence-electron chi connectivity index (χ2n) is 10.3. The maximum absolute atomic E-state index is 13.0. The summed E-state index contributed by atoms with van der Waals surface area (Å²) in [6, 6.07) is 5.36. The van der Waals surface area contributed by atoms with Gasteiger partial charge in [-0.25, -0.2) is 0 Å². The highest BCUT2D eigenvalue weighted by molar-refractivity contribution is 5.78. The van der Waals surface area contributed by atoms with Crippen LogP contribution in [0.4, 0.5) is 0 Å². The molecule has 158 valence electrons. The van der Waals surface area contributed by atoms with Gasteiger partial charge in [0.15, 0.2) is 0 Å². The van der Waals surface area contributed by atoms with Crippen molar-refractivity contribution in [2.75, 3.05) is 13.1 Å². The Balaban J connectivity index is 1.35. The van der Waals surface area contributed by atoms with Crippen LogP contribution >= 0.6 is 0 Å². The predicted octanol–water partition coefficient (Wildman–Crippen LogP) is 4.56. The summed E-state index contributed by atoms with van der Waals surface area (Å²) in [6.07, 6.45) is 14.7. The number of hydrogen-bond donors (Lipinski definition) is 0. The Kier molecular flexibility index (Phi) is 5.64. The van der Waals surface area contributed by atoms with Gasteiger partial charge in [-0.3, -0.25) is 14.7 Å². The van der Waals surface area contributed by atoms with Crippen LogP contribution in [0.15, 0.2) is 18.3 Å². The quantitative estimate of drug-likeness (QED) is 0.750. The van der Waals surface area contributed by atoms with Gasteiger partial charge in [-0.2, -0.15) is 0 Å². The molecule has 4 heterocycles. The summed E-state index contributed by atoms with van der Waals surface area (Å²) in [5.74, 6) is 2.64. The van der Waals surface area contributed by atoms with Gasteiger partial charge in [-0.15, -0.1) is 0 Å². The van der Waals surface area contributed by atoms with E-state index in [1.165, 1.54) is 56.9 Å². The van der Waals surface area contributed by atoms with E-state index in [2.05, 4.69) is 40.0 Å². The molecule has 0 radical (unpaired) electrons. The highest BCUT2D eigenvalue weighted by atomic mass is 16.2. The van der Waals surface area contributed by atoms with E-state index in [0.717, 1.165) is 44.1 Å². The molecular weight excluding hydrogens is 358 g/mol. The average molecular weight is 396 g/mol. The largest absolute Gasteiger partial charge is 0.336 e. The summed E-state index contributed by atoms with van der Waals surface area (Å²) in [4.78, 5) is 22.6. The Labute approximate surface area is 176 Å². The van der Waals surface area contributed by atoms with E-state index in [-0.39, 0.29) is 0 Å². The number of carbonyl (C=O) groups excluding carboxylic acids is 1. The van der Waals surface area contributed by atoms with Crippen molar-refractivity contribution in [1.29, 1.82) is 0 Å². The third kappa shape index (κ3) is 4.10. The minimum Gasteiger partial charge on any atom is -0.336 e. The lowest BCUT2D eigenvalue weighted by Gasteiger charge is -2.57. The molecule has 1 aromatic heterocycles. The average Bonchev–Trinajstić information content (AvgIpc) is 2.74. The zero-order valence-electron chi connectivity index (χ0n) is 18.1.